The maximum Gasteiger partial charge on any atom is 0.259 e. The molecule has 0 unspecified atom stereocenters. The SMILES string of the molecule is CCOCCOc1ccccc1C(=O)Nc1ccccc1C(=O)NC(C)C. The second-order valence-electron chi connectivity index (χ2n) is 6.17. The lowest BCUT2D eigenvalue weighted by atomic mass is 10.1. The molecule has 0 heterocycles. The van der Waals surface area contributed by atoms with E-state index in [1.165, 1.54) is 0 Å². The first kappa shape index (κ1) is 20.5. The van der Waals surface area contributed by atoms with Gasteiger partial charge in [-0.15, -0.1) is 0 Å². The van der Waals surface area contributed by atoms with Crippen molar-refractivity contribution in [2.45, 2.75) is 26.8 Å². The Balaban J connectivity index is 2.15. The lowest BCUT2D eigenvalue weighted by Gasteiger charge is -2.15. The zero-order valence-corrected chi connectivity index (χ0v) is 16.0. The first-order valence-corrected chi connectivity index (χ1v) is 9.03. The molecule has 0 aliphatic heterocycles. The molecular formula is C21H26N2O4. The Morgan fingerprint density at radius 1 is 0.926 bits per heavy atom. The molecule has 0 aliphatic rings. The summed E-state index contributed by atoms with van der Waals surface area (Å²) in [5.41, 5.74) is 1.26. The van der Waals surface area contributed by atoms with E-state index in [2.05, 4.69) is 10.6 Å². The van der Waals surface area contributed by atoms with Gasteiger partial charge in [0, 0.05) is 12.6 Å². The number of hydrogen-bond acceptors (Lipinski definition) is 4. The average molecular weight is 370 g/mol. The van der Waals surface area contributed by atoms with E-state index >= 15 is 0 Å². The third kappa shape index (κ3) is 6.11. The number of carbonyl (C=O) groups is 2. The molecule has 144 valence electrons. The molecule has 0 radical (unpaired) electrons. The van der Waals surface area contributed by atoms with E-state index in [9.17, 15) is 9.59 Å². The molecule has 2 amide bonds. The molecule has 0 saturated carbocycles. The molecule has 0 spiro atoms. The second kappa shape index (κ2) is 10.3. The fraction of sp³-hybridized carbons (Fsp3) is 0.333. The summed E-state index contributed by atoms with van der Waals surface area (Å²) in [7, 11) is 0. The third-order valence-electron chi connectivity index (χ3n) is 3.66. The minimum atomic E-state index is -0.341. The molecule has 6 heteroatoms. The molecule has 2 rings (SSSR count). The maximum absolute atomic E-state index is 12.8. The Bertz CT molecular complexity index is 774. The van der Waals surface area contributed by atoms with Gasteiger partial charge in [-0.05, 0) is 45.0 Å². The van der Waals surface area contributed by atoms with Crippen LogP contribution in [0.4, 0.5) is 5.69 Å². The predicted molar refractivity (Wildman–Crippen MR) is 105 cm³/mol. The molecule has 27 heavy (non-hydrogen) atoms. The summed E-state index contributed by atoms with van der Waals surface area (Å²) in [4.78, 5) is 25.1. The lowest BCUT2D eigenvalue weighted by Crippen LogP contribution is -2.31. The highest BCUT2D eigenvalue weighted by Crippen LogP contribution is 2.21. The Morgan fingerprint density at radius 3 is 2.30 bits per heavy atom. The molecule has 0 bridgehead atoms. The number of anilines is 1. The fourth-order valence-electron chi connectivity index (χ4n) is 2.45. The number of para-hydroxylation sites is 2. The van der Waals surface area contributed by atoms with Crippen LogP contribution in [0.15, 0.2) is 48.5 Å². The monoisotopic (exact) mass is 370 g/mol. The number of nitrogens with one attached hydrogen (secondary N) is 2. The molecule has 0 aromatic heterocycles. The largest absolute Gasteiger partial charge is 0.490 e. The van der Waals surface area contributed by atoms with Crippen LogP contribution in [0.25, 0.3) is 0 Å². The van der Waals surface area contributed by atoms with E-state index in [1.807, 2.05) is 20.8 Å². The maximum atomic E-state index is 12.8. The van der Waals surface area contributed by atoms with Gasteiger partial charge in [0.1, 0.15) is 12.4 Å². The van der Waals surface area contributed by atoms with Crippen LogP contribution in [-0.4, -0.2) is 37.7 Å². The summed E-state index contributed by atoms with van der Waals surface area (Å²) in [6, 6.07) is 13.9. The van der Waals surface area contributed by atoms with Crippen LogP contribution in [0.3, 0.4) is 0 Å². The highest BCUT2D eigenvalue weighted by Gasteiger charge is 2.17. The van der Waals surface area contributed by atoms with Crippen molar-refractivity contribution in [3.8, 4) is 5.75 Å². The minimum Gasteiger partial charge on any atom is -0.490 e. The van der Waals surface area contributed by atoms with Crippen molar-refractivity contribution in [3.63, 3.8) is 0 Å². The molecule has 2 N–H and O–H groups in total. The van der Waals surface area contributed by atoms with Crippen molar-refractivity contribution in [2.24, 2.45) is 0 Å². The molecule has 0 fully saturated rings. The highest BCUT2D eigenvalue weighted by molar-refractivity contribution is 6.10. The Kier molecular flexibility index (Phi) is 7.82. The van der Waals surface area contributed by atoms with Crippen LogP contribution in [0.5, 0.6) is 5.75 Å². The summed E-state index contributed by atoms with van der Waals surface area (Å²) >= 11 is 0. The second-order valence-corrected chi connectivity index (χ2v) is 6.17. The normalized spacial score (nSPS) is 10.5. The number of amides is 2. The van der Waals surface area contributed by atoms with Crippen LogP contribution >= 0.6 is 0 Å². The van der Waals surface area contributed by atoms with Crippen LogP contribution in [0, 0.1) is 0 Å². The van der Waals surface area contributed by atoms with Crippen LogP contribution in [-0.2, 0) is 4.74 Å². The van der Waals surface area contributed by atoms with Crippen molar-refractivity contribution >= 4 is 17.5 Å². The van der Waals surface area contributed by atoms with Crippen LogP contribution in [0.1, 0.15) is 41.5 Å². The number of benzene rings is 2. The average Bonchev–Trinajstić information content (AvgIpc) is 2.65. The van der Waals surface area contributed by atoms with Gasteiger partial charge in [-0.1, -0.05) is 24.3 Å². The number of carbonyl (C=O) groups excluding carboxylic acids is 2. The van der Waals surface area contributed by atoms with Gasteiger partial charge in [0.05, 0.1) is 23.4 Å². The Morgan fingerprint density at radius 2 is 1.59 bits per heavy atom. The van der Waals surface area contributed by atoms with Crippen LogP contribution < -0.4 is 15.4 Å². The summed E-state index contributed by atoms with van der Waals surface area (Å²) in [5.74, 6) is -0.104. The number of hydrogen-bond donors (Lipinski definition) is 2. The van der Waals surface area contributed by atoms with Gasteiger partial charge in [-0.2, -0.15) is 0 Å². The Hall–Kier alpha value is -2.86. The molecule has 2 aromatic rings. The van der Waals surface area contributed by atoms with Gasteiger partial charge in [0.2, 0.25) is 0 Å². The van der Waals surface area contributed by atoms with E-state index in [4.69, 9.17) is 9.47 Å². The van der Waals surface area contributed by atoms with Gasteiger partial charge < -0.3 is 20.1 Å². The molecule has 0 atom stereocenters. The zero-order chi connectivity index (χ0) is 19.6. The Labute approximate surface area is 159 Å². The van der Waals surface area contributed by atoms with Crippen molar-refractivity contribution in [1.29, 1.82) is 0 Å². The first-order valence-electron chi connectivity index (χ1n) is 9.03. The van der Waals surface area contributed by atoms with Crippen molar-refractivity contribution in [1.82, 2.24) is 5.32 Å². The summed E-state index contributed by atoms with van der Waals surface area (Å²) in [6.07, 6.45) is 0. The van der Waals surface area contributed by atoms with E-state index in [-0.39, 0.29) is 17.9 Å². The van der Waals surface area contributed by atoms with Gasteiger partial charge in [0.25, 0.3) is 11.8 Å². The molecule has 6 nitrogen and oxygen atoms in total. The first-order chi connectivity index (χ1) is 13.0. The number of ether oxygens (including phenoxy) is 2. The standard InChI is InChI=1S/C21H26N2O4/c1-4-26-13-14-27-19-12-8-6-10-17(19)21(25)23-18-11-7-5-9-16(18)20(24)22-15(2)3/h5-12,15H,4,13-14H2,1-3H3,(H,22,24)(H,23,25). The van der Waals surface area contributed by atoms with E-state index in [1.54, 1.807) is 48.5 Å². The topological polar surface area (TPSA) is 76.7 Å². The van der Waals surface area contributed by atoms with Crippen molar-refractivity contribution in [2.75, 3.05) is 25.1 Å². The molecule has 2 aromatic carbocycles. The molecule has 0 aliphatic carbocycles. The van der Waals surface area contributed by atoms with E-state index in [0.29, 0.717) is 42.4 Å². The quantitative estimate of drug-likeness (QED) is 0.663. The van der Waals surface area contributed by atoms with Gasteiger partial charge >= 0.3 is 0 Å². The molecule has 0 saturated heterocycles. The predicted octanol–water partition coefficient (Wildman–Crippen LogP) is 3.49. The summed E-state index contributed by atoms with van der Waals surface area (Å²) in [6.45, 7) is 7.09. The summed E-state index contributed by atoms with van der Waals surface area (Å²) < 4.78 is 10.9. The zero-order valence-electron chi connectivity index (χ0n) is 16.0. The third-order valence-corrected chi connectivity index (χ3v) is 3.66. The van der Waals surface area contributed by atoms with Gasteiger partial charge in [-0.3, -0.25) is 9.59 Å². The summed E-state index contributed by atoms with van der Waals surface area (Å²) in [5, 5.41) is 5.65. The van der Waals surface area contributed by atoms with Gasteiger partial charge in [-0.25, -0.2) is 0 Å². The van der Waals surface area contributed by atoms with Crippen molar-refractivity contribution < 1.29 is 19.1 Å². The lowest BCUT2D eigenvalue weighted by molar-refractivity contribution is 0.0944. The van der Waals surface area contributed by atoms with Crippen molar-refractivity contribution in [3.05, 3.63) is 59.7 Å². The van der Waals surface area contributed by atoms with Crippen LogP contribution in [0.2, 0.25) is 0 Å². The fourth-order valence-corrected chi connectivity index (χ4v) is 2.45. The highest BCUT2D eigenvalue weighted by atomic mass is 16.5. The van der Waals surface area contributed by atoms with Gasteiger partial charge in [0.15, 0.2) is 0 Å². The smallest absolute Gasteiger partial charge is 0.259 e. The van der Waals surface area contributed by atoms with E-state index in [0.717, 1.165) is 0 Å². The molecular weight excluding hydrogens is 344 g/mol. The van der Waals surface area contributed by atoms with E-state index < -0.39 is 0 Å². The number of rotatable bonds is 9. The minimum absolute atomic E-state index is 0.000670.